The molecule has 1 rings (SSSR count). The summed E-state index contributed by atoms with van der Waals surface area (Å²) in [5.74, 6) is 1.52. The lowest BCUT2D eigenvalue weighted by atomic mass is 9.91. The minimum absolute atomic E-state index is 0.306. The predicted octanol–water partition coefficient (Wildman–Crippen LogP) is 4.90. The van der Waals surface area contributed by atoms with Crippen LogP contribution in [0.25, 0.3) is 0 Å². The third-order valence-corrected chi connectivity index (χ3v) is 4.23. The van der Waals surface area contributed by atoms with Crippen molar-refractivity contribution in [3.05, 3.63) is 27.8 Å². The summed E-state index contributed by atoms with van der Waals surface area (Å²) in [5.41, 5.74) is 3.22. The summed E-state index contributed by atoms with van der Waals surface area (Å²) >= 11 is 6.33. The molecule has 0 fully saturated rings. The lowest BCUT2D eigenvalue weighted by Crippen LogP contribution is -2.10. The normalized spacial score (nSPS) is 12.3. The molecule has 3 heteroatoms. The first-order valence-corrected chi connectivity index (χ1v) is 7.62. The second-order valence-corrected chi connectivity index (χ2v) is 5.99. The highest BCUT2D eigenvalue weighted by Crippen LogP contribution is 2.33. The summed E-state index contributed by atoms with van der Waals surface area (Å²) in [6.45, 7) is 8.15. The van der Waals surface area contributed by atoms with Crippen LogP contribution < -0.4 is 4.74 Å². The van der Waals surface area contributed by atoms with Crippen molar-refractivity contribution in [3.8, 4) is 5.75 Å². The van der Waals surface area contributed by atoms with Gasteiger partial charge in [0.15, 0.2) is 0 Å². The predicted molar refractivity (Wildman–Crippen MR) is 84.9 cm³/mol. The molecule has 1 aromatic rings. The Kier molecular flexibility index (Phi) is 6.54. The maximum atomic E-state index is 11.7. The van der Waals surface area contributed by atoms with Crippen LogP contribution in [0.15, 0.2) is 6.07 Å². The van der Waals surface area contributed by atoms with Gasteiger partial charge in [-0.15, -0.1) is 0 Å². The van der Waals surface area contributed by atoms with Gasteiger partial charge < -0.3 is 4.74 Å². The summed E-state index contributed by atoms with van der Waals surface area (Å²) in [7, 11) is 1.68. The molecule has 0 saturated carbocycles. The highest BCUT2D eigenvalue weighted by Gasteiger charge is 2.17. The van der Waals surface area contributed by atoms with Crippen molar-refractivity contribution in [2.75, 3.05) is 7.11 Å². The second-order valence-electron chi connectivity index (χ2n) is 5.62. The van der Waals surface area contributed by atoms with Crippen molar-refractivity contribution >= 4 is 17.4 Å². The SMILES string of the molecule is CCCC(=O)CC(C)Cc1c(OC)cc(C)c(Cl)c1C. The third-order valence-electron chi connectivity index (χ3n) is 3.65. The summed E-state index contributed by atoms with van der Waals surface area (Å²) in [6, 6.07) is 1.98. The standard InChI is InChI=1S/C17H25ClO2/c1-6-7-14(19)8-11(2)9-15-13(4)17(18)12(3)10-16(15)20-5/h10-11H,6-9H2,1-5H3. The van der Waals surface area contributed by atoms with Gasteiger partial charge in [0.05, 0.1) is 7.11 Å². The van der Waals surface area contributed by atoms with Crippen LogP contribution in [0.2, 0.25) is 5.02 Å². The van der Waals surface area contributed by atoms with E-state index in [-0.39, 0.29) is 0 Å². The number of halogens is 1. The first-order chi connectivity index (χ1) is 9.40. The van der Waals surface area contributed by atoms with E-state index in [0.717, 1.165) is 40.3 Å². The van der Waals surface area contributed by atoms with Crippen molar-refractivity contribution in [2.45, 2.75) is 53.4 Å². The van der Waals surface area contributed by atoms with Crippen molar-refractivity contribution in [2.24, 2.45) is 5.92 Å². The molecule has 1 unspecified atom stereocenters. The van der Waals surface area contributed by atoms with E-state index in [1.807, 2.05) is 26.8 Å². The van der Waals surface area contributed by atoms with E-state index in [0.29, 0.717) is 24.5 Å². The molecule has 0 aliphatic carbocycles. The number of ketones is 1. The molecular formula is C17H25ClO2. The number of Topliss-reactive ketones (excluding diaryl/α,β-unsaturated/α-hetero) is 1. The molecule has 0 N–H and O–H groups in total. The fourth-order valence-electron chi connectivity index (χ4n) is 2.59. The molecule has 0 aliphatic rings. The minimum Gasteiger partial charge on any atom is -0.496 e. The van der Waals surface area contributed by atoms with Gasteiger partial charge in [-0.1, -0.05) is 25.4 Å². The quantitative estimate of drug-likeness (QED) is 0.715. The molecule has 0 aromatic heterocycles. The number of hydrogen-bond acceptors (Lipinski definition) is 2. The lowest BCUT2D eigenvalue weighted by molar-refractivity contribution is -0.119. The van der Waals surface area contributed by atoms with Crippen LogP contribution in [-0.2, 0) is 11.2 Å². The van der Waals surface area contributed by atoms with Gasteiger partial charge in [-0.25, -0.2) is 0 Å². The molecule has 0 bridgehead atoms. The molecule has 0 heterocycles. The number of benzene rings is 1. The number of aryl methyl sites for hydroxylation is 1. The first kappa shape index (κ1) is 17.0. The molecule has 0 spiro atoms. The zero-order valence-corrected chi connectivity index (χ0v) is 13.9. The molecule has 1 atom stereocenters. The van der Waals surface area contributed by atoms with Crippen molar-refractivity contribution in [3.63, 3.8) is 0 Å². The van der Waals surface area contributed by atoms with Crippen LogP contribution in [0.1, 0.15) is 49.8 Å². The van der Waals surface area contributed by atoms with Crippen LogP contribution in [0, 0.1) is 19.8 Å². The van der Waals surface area contributed by atoms with E-state index in [4.69, 9.17) is 16.3 Å². The van der Waals surface area contributed by atoms with E-state index < -0.39 is 0 Å². The third kappa shape index (κ3) is 4.24. The highest BCUT2D eigenvalue weighted by molar-refractivity contribution is 6.32. The van der Waals surface area contributed by atoms with Gasteiger partial charge in [0, 0.05) is 17.9 Å². The zero-order valence-electron chi connectivity index (χ0n) is 13.2. The smallest absolute Gasteiger partial charge is 0.133 e. The average molecular weight is 297 g/mol. The monoisotopic (exact) mass is 296 g/mol. The van der Waals surface area contributed by atoms with Gasteiger partial charge >= 0.3 is 0 Å². The number of hydrogen-bond donors (Lipinski definition) is 0. The number of carbonyl (C=O) groups is 1. The molecule has 112 valence electrons. The summed E-state index contributed by atoms with van der Waals surface area (Å²) in [5, 5.41) is 0.799. The number of rotatable bonds is 7. The van der Waals surface area contributed by atoms with Crippen molar-refractivity contribution in [1.82, 2.24) is 0 Å². The fourth-order valence-corrected chi connectivity index (χ4v) is 2.75. The Morgan fingerprint density at radius 2 is 2.05 bits per heavy atom. The molecular weight excluding hydrogens is 272 g/mol. The van der Waals surface area contributed by atoms with Gasteiger partial charge in [-0.3, -0.25) is 4.79 Å². The molecule has 0 saturated heterocycles. The summed E-state index contributed by atoms with van der Waals surface area (Å²) in [6.07, 6.45) is 3.05. The maximum Gasteiger partial charge on any atom is 0.133 e. The summed E-state index contributed by atoms with van der Waals surface area (Å²) in [4.78, 5) is 11.7. The Balaban J connectivity index is 2.91. The Morgan fingerprint density at radius 3 is 2.60 bits per heavy atom. The largest absolute Gasteiger partial charge is 0.496 e. The number of methoxy groups -OCH3 is 1. The lowest BCUT2D eigenvalue weighted by Gasteiger charge is -2.18. The Morgan fingerprint density at radius 1 is 1.40 bits per heavy atom. The Bertz CT molecular complexity index is 480. The molecule has 1 aromatic carbocycles. The van der Waals surface area contributed by atoms with Gasteiger partial charge in [0.25, 0.3) is 0 Å². The number of ether oxygens (including phenoxy) is 1. The highest BCUT2D eigenvalue weighted by atomic mass is 35.5. The Labute approximate surface area is 127 Å². The van der Waals surface area contributed by atoms with Crippen LogP contribution in [0.3, 0.4) is 0 Å². The van der Waals surface area contributed by atoms with Crippen molar-refractivity contribution in [1.29, 1.82) is 0 Å². The van der Waals surface area contributed by atoms with E-state index in [1.54, 1.807) is 7.11 Å². The van der Waals surface area contributed by atoms with E-state index in [9.17, 15) is 4.79 Å². The van der Waals surface area contributed by atoms with Crippen LogP contribution >= 0.6 is 11.6 Å². The average Bonchev–Trinajstić information content (AvgIpc) is 2.39. The van der Waals surface area contributed by atoms with Gasteiger partial charge in [0.2, 0.25) is 0 Å². The minimum atomic E-state index is 0.306. The molecule has 0 aliphatic heterocycles. The Hall–Kier alpha value is -1.02. The van der Waals surface area contributed by atoms with Gasteiger partial charge in [-0.05, 0) is 55.4 Å². The molecule has 2 nitrogen and oxygen atoms in total. The van der Waals surface area contributed by atoms with Gasteiger partial charge in [0.1, 0.15) is 11.5 Å². The number of carbonyl (C=O) groups excluding carboxylic acids is 1. The summed E-state index contributed by atoms with van der Waals surface area (Å²) < 4.78 is 5.47. The molecule has 20 heavy (non-hydrogen) atoms. The van der Waals surface area contributed by atoms with Crippen LogP contribution in [0.5, 0.6) is 5.75 Å². The van der Waals surface area contributed by atoms with E-state index >= 15 is 0 Å². The van der Waals surface area contributed by atoms with Crippen LogP contribution in [0.4, 0.5) is 0 Å². The first-order valence-electron chi connectivity index (χ1n) is 7.24. The van der Waals surface area contributed by atoms with Crippen LogP contribution in [-0.4, -0.2) is 12.9 Å². The van der Waals surface area contributed by atoms with Gasteiger partial charge in [-0.2, -0.15) is 0 Å². The fraction of sp³-hybridized carbons (Fsp3) is 0.588. The maximum absolute atomic E-state index is 11.7. The second kappa shape index (κ2) is 7.68. The molecule has 0 amide bonds. The topological polar surface area (TPSA) is 26.3 Å². The zero-order chi connectivity index (χ0) is 15.3. The van der Waals surface area contributed by atoms with E-state index in [2.05, 4.69) is 6.92 Å². The van der Waals surface area contributed by atoms with E-state index in [1.165, 1.54) is 0 Å². The molecule has 0 radical (unpaired) electrons. The van der Waals surface area contributed by atoms with Crippen molar-refractivity contribution < 1.29 is 9.53 Å².